The zero-order chi connectivity index (χ0) is 13.7. The molecule has 1 aliphatic heterocycles. The summed E-state index contributed by atoms with van der Waals surface area (Å²) in [5.41, 5.74) is 0. The van der Waals surface area contributed by atoms with Gasteiger partial charge in [-0.2, -0.15) is 0 Å². The van der Waals surface area contributed by atoms with Gasteiger partial charge < -0.3 is 15.5 Å². The molecule has 0 aromatic carbocycles. The van der Waals surface area contributed by atoms with Gasteiger partial charge in [0.2, 0.25) is 5.91 Å². The highest BCUT2D eigenvalue weighted by Crippen LogP contribution is 2.15. The summed E-state index contributed by atoms with van der Waals surface area (Å²) in [4.78, 5) is 35.0. The molecule has 18 heavy (non-hydrogen) atoms. The molecule has 1 heterocycles. The van der Waals surface area contributed by atoms with Crippen molar-refractivity contribution in [2.24, 2.45) is 0 Å². The Hall–Kier alpha value is -1.63. The maximum absolute atomic E-state index is 11.9. The van der Waals surface area contributed by atoms with Crippen LogP contribution in [-0.4, -0.2) is 58.6 Å². The van der Waals surface area contributed by atoms with E-state index in [0.29, 0.717) is 6.42 Å². The van der Waals surface area contributed by atoms with Crippen molar-refractivity contribution in [3.63, 3.8) is 0 Å². The molecule has 0 bridgehead atoms. The average molecular weight is 258 g/mol. The molecule has 0 unspecified atom stereocenters. The van der Waals surface area contributed by atoms with Gasteiger partial charge in [-0.25, -0.2) is 4.79 Å². The summed E-state index contributed by atoms with van der Waals surface area (Å²) >= 11 is 0. The Kier molecular flexibility index (Phi) is 5.08. The van der Waals surface area contributed by atoms with Crippen molar-refractivity contribution in [2.45, 2.75) is 37.8 Å². The zero-order valence-corrected chi connectivity index (χ0v) is 10.3. The van der Waals surface area contributed by atoms with Crippen molar-refractivity contribution < 1.29 is 24.6 Å². The Labute approximate surface area is 105 Å². The van der Waals surface area contributed by atoms with Gasteiger partial charge in [0.05, 0.1) is 6.04 Å². The lowest BCUT2D eigenvalue weighted by Gasteiger charge is -2.21. The monoisotopic (exact) mass is 258 g/mol. The Morgan fingerprint density at radius 1 is 1.39 bits per heavy atom. The summed E-state index contributed by atoms with van der Waals surface area (Å²) in [5, 5.41) is 19.8. The lowest BCUT2D eigenvalue weighted by atomic mass is 10.1. The molecular weight excluding hydrogens is 240 g/mol. The maximum Gasteiger partial charge on any atom is 0.326 e. The predicted octanol–water partition coefficient (Wildman–Crippen LogP) is -0.485. The van der Waals surface area contributed by atoms with Gasteiger partial charge in [0.25, 0.3) is 0 Å². The first-order valence-electron chi connectivity index (χ1n) is 5.87. The molecule has 1 rings (SSSR count). The molecule has 3 N–H and O–H groups in total. The van der Waals surface area contributed by atoms with E-state index in [1.165, 1.54) is 0 Å². The number of carboxylic acids is 2. The van der Waals surface area contributed by atoms with E-state index in [-0.39, 0.29) is 24.8 Å². The molecule has 0 aromatic rings. The second-order valence-electron chi connectivity index (χ2n) is 4.47. The highest BCUT2D eigenvalue weighted by Gasteiger charge is 2.30. The Morgan fingerprint density at radius 3 is 2.50 bits per heavy atom. The number of nitrogens with zero attached hydrogens (tertiary/aromatic N) is 1. The third-order valence-corrected chi connectivity index (χ3v) is 3.08. The highest BCUT2D eigenvalue weighted by atomic mass is 16.4. The first-order valence-corrected chi connectivity index (χ1v) is 5.87. The molecule has 7 heteroatoms. The Morgan fingerprint density at radius 2 is 2.06 bits per heavy atom. The molecule has 102 valence electrons. The summed E-state index contributed by atoms with van der Waals surface area (Å²) in [7, 11) is 1.81. The topological polar surface area (TPSA) is 107 Å². The molecule has 2 atom stereocenters. The summed E-state index contributed by atoms with van der Waals surface area (Å²) in [5.74, 6) is -2.62. The van der Waals surface area contributed by atoms with Crippen LogP contribution < -0.4 is 5.32 Å². The number of likely N-dealkylation sites (N-methyl/N-ethyl adjacent to an activating group) is 1. The molecule has 1 aliphatic rings. The molecule has 0 radical (unpaired) electrons. The van der Waals surface area contributed by atoms with Crippen LogP contribution in [0.5, 0.6) is 0 Å². The summed E-state index contributed by atoms with van der Waals surface area (Å²) in [6, 6.07) is -1.45. The van der Waals surface area contributed by atoms with E-state index in [4.69, 9.17) is 10.2 Å². The molecule has 1 saturated heterocycles. The molecule has 0 spiro atoms. The van der Waals surface area contributed by atoms with E-state index in [9.17, 15) is 14.4 Å². The summed E-state index contributed by atoms with van der Waals surface area (Å²) in [6.45, 7) is 0.810. The molecule has 7 nitrogen and oxygen atoms in total. The number of rotatable bonds is 6. The van der Waals surface area contributed by atoms with Gasteiger partial charge in [-0.15, -0.1) is 0 Å². The minimum atomic E-state index is -1.20. The van der Waals surface area contributed by atoms with Gasteiger partial charge in [-0.1, -0.05) is 0 Å². The summed E-state index contributed by atoms with van der Waals surface area (Å²) in [6.07, 6.45) is 1.22. The fourth-order valence-electron chi connectivity index (χ4n) is 2.03. The SMILES string of the molecule is CN1CCC[C@H]1C(=O)N[C@@H](CCC(=O)O)C(=O)O. The number of nitrogens with one attached hydrogen (secondary N) is 1. The number of likely N-dealkylation sites (tertiary alicyclic amines) is 1. The minimum Gasteiger partial charge on any atom is -0.481 e. The van der Waals surface area contributed by atoms with Gasteiger partial charge in [0.15, 0.2) is 0 Å². The maximum atomic E-state index is 11.9. The number of aliphatic carboxylic acids is 2. The number of amides is 1. The Bertz CT molecular complexity index is 344. The molecule has 0 aromatic heterocycles. The fraction of sp³-hybridized carbons (Fsp3) is 0.727. The van der Waals surface area contributed by atoms with Crippen LogP contribution in [0.15, 0.2) is 0 Å². The first kappa shape index (κ1) is 14.4. The van der Waals surface area contributed by atoms with Crippen LogP contribution in [0.25, 0.3) is 0 Å². The van der Waals surface area contributed by atoms with Crippen molar-refractivity contribution in [1.82, 2.24) is 10.2 Å². The van der Waals surface area contributed by atoms with Crippen molar-refractivity contribution >= 4 is 17.8 Å². The van der Waals surface area contributed by atoms with Crippen molar-refractivity contribution in [3.8, 4) is 0 Å². The molecule has 1 amide bonds. The van der Waals surface area contributed by atoms with Crippen molar-refractivity contribution in [3.05, 3.63) is 0 Å². The minimum absolute atomic E-state index is 0.104. The van der Waals surface area contributed by atoms with Crippen molar-refractivity contribution in [2.75, 3.05) is 13.6 Å². The normalized spacial score (nSPS) is 21.5. The second kappa shape index (κ2) is 6.34. The van der Waals surface area contributed by atoms with Crippen LogP contribution >= 0.6 is 0 Å². The predicted molar refractivity (Wildman–Crippen MR) is 62.1 cm³/mol. The second-order valence-corrected chi connectivity index (χ2v) is 4.47. The van der Waals surface area contributed by atoms with Gasteiger partial charge >= 0.3 is 11.9 Å². The van der Waals surface area contributed by atoms with Crippen LogP contribution in [0.1, 0.15) is 25.7 Å². The number of carboxylic acid groups (broad SMARTS) is 2. The van der Waals surface area contributed by atoms with Crippen LogP contribution in [0, 0.1) is 0 Å². The van der Waals surface area contributed by atoms with Crippen LogP contribution in [0.4, 0.5) is 0 Å². The van der Waals surface area contributed by atoms with E-state index in [1.807, 2.05) is 11.9 Å². The van der Waals surface area contributed by atoms with E-state index in [2.05, 4.69) is 5.32 Å². The van der Waals surface area contributed by atoms with E-state index >= 15 is 0 Å². The number of carbonyl (C=O) groups is 3. The number of hydrogen-bond donors (Lipinski definition) is 3. The largest absolute Gasteiger partial charge is 0.481 e. The zero-order valence-electron chi connectivity index (χ0n) is 10.3. The fourth-order valence-corrected chi connectivity index (χ4v) is 2.03. The van der Waals surface area contributed by atoms with Gasteiger partial charge in [0, 0.05) is 6.42 Å². The quantitative estimate of drug-likeness (QED) is 0.593. The lowest BCUT2D eigenvalue weighted by molar-refractivity contribution is -0.143. The van der Waals surface area contributed by atoms with Gasteiger partial charge in [0.1, 0.15) is 6.04 Å². The smallest absolute Gasteiger partial charge is 0.326 e. The molecule has 1 fully saturated rings. The van der Waals surface area contributed by atoms with Crippen LogP contribution in [-0.2, 0) is 14.4 Å². The van der Waals surface area contributed by atoms with Crippen LogP contribution in [0.2, 0.25) is 0 Å². The Balaban J connectivity index is 2.52. The molecular formula is C11H18N2O5. The van der Waals surface area contributed by atoms with Gasteiger partial charge in [-0.3, -0.25) is 14.5 Å². The standard InChI is InChI=1S/C11H18N2O5/c1-13-6-2-3-8(13)10(16)12-7(11(17)18)4-5-9(14)15/h7-8H,2-6H2,1H3,(H,12,16)(H,14,15)(H,17,18)/t7-,8-/m0/s1. The van der Waals surface area contributed by atoms with E-state index in [1.54, 1.807) is 0 Å². The third kappa shape index (κ3) is 3.99. The first-order chi connectivity index (χ1) is 8.41. The van der Waals surface area contributed by atoms with E-state index in [0.717, 1.165) is 13.0 Å². The highest BCUT2D eigenvalue weighted by molar-refractivity contribution is 5.87. The van der Waals surface area contributed by atoms with Crippen LogP contribution in [0.3, 0.4) is 0 Å². The van der Waals surface area contributed by atoms with Gasteiger partial charge in [-0.05, 0) is 32.9 Å². The van der Waals surface area contributed by atoms with E-state index < -0.39 is 18.0 Å². The lowest BCUT2D eigenvalue weighted by Crippen LogP contribution is -2.48. The average Bonchev–Trinajstić information content (AvgIpc) is 2.69. The number of carbonyl (C=O) groups excluding carboxylic acids is 1. The van der Waals surface area contributed by atoms with Crippen molar-refractivity contribution in [1.29, 1.82) is 0 Å². The molecule has 0 aliphatic carbocycles. The third-order valence-electron chi connectivity index (χ3n) is 3.08. The number of hydrogen-bond acceptors (Lipinski definition) is 4. The summed E-state index contributed by atoms with van der Waals surface area (Å²) < 4.78 is 0. The molecule has 0 saturated carbocycles.